The van der Waals surface area contributed by atoms with Crippen LogP contribution < -0.4 is 5.32 Å². The zero-order valence-corrected chi connectivity index (χ0v) is 11.2. The van der Waals surface area contributed by atoms with Gasteiger partial charge in [-0.2, -0.15) is 12.6 Å². The van der Waals surface area contributed by atoms with Crippen LogP contribution in [-0.4, -0.2) is 17.7 Å². The maximum atomic E-state index is 11.8. The van der Waals surface area contributed by atoms with Gasteiger partial charge in [-0.15, -0.1) is 0 Å². The number of hydrogen-bond acceptors (Lipinski definition) is 2. The molecular formula is C13H23NOS. The van der Waals surface area contributed by atoms with E-state index >= 15 is 0 Å². The molecule has 92 valence electrons. The van der Waals surface area contributed by atoms with Gasteiger partial charge in [-0.05, 0) is 42.9 Å². The highest BCUT2D eigenvalue weighted by molar-refractivity contribution is 7.81. The summed E-state index contributed by atoms with van der Waals surface area (Å²) in [6.07, 6.45) is 5.56. The van der Waals surface area contributed by atoms with Gasteiger partial charge in [-0.1, -0.05) is 20.3 Å². The summed E-state index contributed by atoms with van der Waals surface area (Å²) in [5.41, 5.74) is 0. The first-order valence-electron chi connectivity index (χ1n) is 6.53. The van der Waals surface area contributed by atoms with E-state index in [1.54, 1.807) is 0 Å². The van der Waals surface area contributed by atoms with E-state index in [0.29, 0.717) is 5.92 Å². The Bertz CT molecular complexity index is 267. The average molecular weight is 241 g/mol. The molecule has 0 aromatic carbocycles. The number of hydrogen-bond donors (Lipinski definition) is 2. The zero-order chi connectivity index (χ0) is 11.7. The summed E-state index contributed by atoms with van der Waals surface area (Å²) in [6.45, 7) is 4.95. The predicted octanol–water partition coefficient (Wildman–Crippen LogP) is 2.49. The van der Waals surface area contributed by atoms with Crippen molar-refractivity contribution in [2.24, 2.45) is 23.7 Å². The lowest BCUT2D eigenvalue weighted by Gasteiger charge is -2.23. The van der Waals surface area contributed by atoms with Crippen molar-refractivity contribution in [2.45, 2.75) is 44.8 Å². The van der Waals surface area contributed by atoms with Crippen LogP contribution in [0.2, 0.25) is 0 Å². The number of nitrogens with one attached hydrogen (secondary N) is 1. The summed E-state index contributed by atoms with van der Waals surface area (Å²) in [6, 6.07) is 0. The van der Waals surface area contributed by atoms with Gasteiger partial charge in [0.15, 0.2) is 0 Å². The molecule has 0 heterocycles. The first-order valence-corrected chi connectivity index (χ1v) is 7.05. The molecule has 2 bridgehead atoms. The number of thiol groups is 1. The van der Waals surface area contributed by atoms with E-state index < -0.39 is 0 Å². The molecule has 0 aliphatic heterocycles. The fourth-order valence-electron chi connectivity index (χ4n) is 3.27. The minimum atomic E-state index is -0.154. The molecule has 2 nitrogen and oxygen atoms in total. The van der Waals surface area contributed by atoms with Crippen LogP contribution in [0.3, 0.4) is 0 Å². The SMILES string of the molecule is CC(C)C(S)C(=O)NCC1CC2CCC1C2. The summed E-state index contributed by atoms with van der Waals surface area (Å²) >= 11 is 4.34. The molecule has 2 aliphatic carbocycles. The van der Waals surface area contributed by atoms with Crippen molar-refractivity contribution in [1.82, 2.24) is 5.32 Å². The Labute approximate surface area is 104 Å². The molecule has 0 aromatic rings. The van der Waals surface area contributed by atoms with E-state index in [-0.39, 0.29) is 11.2 Å². The third-order valence-electron chi connectivity index (χ3n) is 4.32. The number of carbonyl (C=O) groups is 1. The Morgan fingerprint density at radius 3 is 2.62 bits per heavy atom. The normalized spacial score (nSPS) is 34.4. The van der Waals surface area contributed by atoms with Crippen LogP contribution in [0.25, 0.3) is 0 Å². The molecule has 0 aromatic heterocycles. The number of carbonyl (C=O) groups excluding carboxylic acids is 1. The Hall–Kier alpha value is -0.180. The molecule has 4 atom stereocenters. The minimum absolute atomic E-state index is 0.112. The molecule has 0 saturated heterocycles. The van der Waals surface area contributed by atoms with Gasteiger partial charge >= 0.3 is 0 Å². The second-order valence-electron chi connectivity index (χ2n) is 5.87. The highest BCUT2D eigenvalue weighted by Crippen LogP contribution is 2.47. The van der Waals surface area contributed by atoms with Gasteiger partial charge in [0.2, 0.25) is 5.91 Å². The molecule has 2 aliphatic rings. The van der Waals surface area contributed by atoms with Gasteiger partial charge in [-0.25, -0.2) is 0 Å². The molecular weight excluding hydrogens is 218 g/mol. The standard InChI is InChI=1S/C13H23NOS/c1-8(2)12(16)13(15)14-7-11-6-9-3-4-10(11)5-9/h8-12,16H,3-7H2,1-2H3,(H,14,15). The van der Waals surface area contributed by atoms with Crippen molar-refractivity contribution in [1.29, 1.82) is 0 Å². The lowest BCUT2D eigenvalue weighted by atomic mass is 9.89. The van der Waals surface area contributed by atoms with Gasteiger partial charge in [0.25, 0.3) is 0 Å². The predicted molar refractivity (Wildman–Crippen MR) is 69.6 cm³/mol. The monoisotopic (exact) mass is 241 g/mol. The largest absolute Gasteiger partial charge is 0.355 e. The summed E-state index contributed by atoms with van der Waals surface area (Å²) in [7, 11) is 0. The second kappa shape index (κ2) is 4.99. The van der Waals surface area contributed by atoms with Crippen molar-refractivity contribution in [3.63, 3.8) is 0 Å². The Kier molecular flexibility index (Phi) is 3.83. The van der Waals surface area contributed by atoms with Gasteiger partial charge in [0.05, 0.1) is 5.25 Å². The van der Waals surface area contributed by atoms with Crippen LogP contribution >= 0.6 is 12.6 Å². The molecule has 4 unspecified atom stereocenters. The summed E-state index contributed by atoms with van der Waals surface area (Å²) in [5, 5.41) is 2.92. The third kappa shape index (κ3) is 2.55. The Morgan fingerprint density at radius 1 is 1.38 bits per heavy atom. The fourth-order valence-corrected chi connectivity index (χ4v) is 3.36. The van der Waals surface area contributed by atoms with E-state index in [4.69, 9.17) is 0 Å². The molecule has 0 spiro atoms. The van der Waals surface area contributed by atoms with E-state index in [1.807, 2.05) is 13.8 Å². The maximum absolute atomic E-state index is 11.8. The van der Waals surface area contributed by atoms with Crippen molar-refractivity contribution in [3.8, 4) is 0 Å². The number of amides is 1. The third-order valence-corrected chi connectivity index (χ3v) is 5.15. The molecule has 2 saturated carbocycles. The zero-order valence-electron chi connectivity index (χ0n) is 10.3. The quantitative estimate of drug-likeness (QED) is 0.728. The van der Waals surface area contributed by atoms with Crippen molar-refractivity contribution >= 4 is 18.5 Å². The van der Waals surface area contributed by atoms with Gasteiger partial charge in [0.1, 0.15) is 0 Å². The number of rotatable bonds is 4. The molecule has 2 rings (SSSR count). The van der Waals surface area contributed by atoms with Crippen LogP contribution in [0.5, 0.6) is 0 Å². The highest BCUT2D eigenvalue weighted by Gasteiger charge is 2.39. The van der Waals surface area contributed by atoms with E-state index in [0.717, 1.165) is 24.3 Å². The van der Waals surface area contributed by atoms with Gasteiger partial charge in [0, 0.05) is 6.54 Å². The minimum Gasteiger partial charge on any atom is -0.355 e. The molecule has 3 heteroatoms. The maximum Gasteiger partial charge on any atom is 0.233 e. The van der Waals surface area contributed by atoms with Crippen molar-refractivity contribution in [3.05, 3.63) is 0 Å². The summed E-state index contributed by atoms with van der Waals surface area (Å²) in [4.78, 5) is 11.8. The first-order chi connectivity index (χ1) is 7.58. The average Bonchev–Trinajstić information content (AvgIpc) is 2.86. The lowest BCUT2D eigenvalue weighted by Crippen LogP contribution is -2.38. The van der Waals surface area contributed by atoms with Crippen LogP contribution in [0.15, 0.2) is 0 Å². The lowest BCUT2D eigenvalue weighted by molar-refractivity contribution is -0.121. The van der Waals surface area contributed by atoms with Crippen molar-refractivity contribution in [2.75, 3.05) is 6.54 Å². The van der Waals surface area contributed by atoms with Gasteiger partial charge in [-0.3, -0.25) is 4.79 Å². The topological polar surface area (TPSA) is 29.1 Å². The van der Waals surface area contributed by atoms with E-state index in [9.17, 15) is 4.79 Å². The van der Waals surface area contributed by atoms with Gasteiger partial charge < -0.3 is 5.32 Å². The molecule has 0 radical (unpaired) electrons. The molecule has 1 N–H and O–H groups in total. The summed E-state index contributed by atoms with van der Waals surface area (Å²) < 4.78 is 0. The van der Waals surface area contributed by atoms with E-state index in [2.05, 4.69) is 17.9 Å². The fraction of sp³-hybridized carbons (Fsp3) is 0.923. The smallest absolute Gasteiger partial charge is 0.233 e. The first kappa shape index (κ1) is 12.3. The molecule has 16 heavy (non-hydrogen) atoms. The molecule has 2 fully saturated rings. The van der Waals surface area contributed by atoms with Crippen LogP contribution in [-0.2, 0) is 4.79 Å². The number of fused-ring (bicyclic) bond motifs is 2. The van der Waals surface area contributed by atoms with Crippen LogP contribution in [0.4, 0.5) is 0 Å². The second-order valence-corrected chi connectivity index (χ2v) is 6.43. The van der Waals surface area contributed by atoms with E-state index in [1.165, 1.54) is 25.7 Å². The Morgan fingerprint density at radius 2 is 2.12 bits per heavy atom. The Balaban J connectivity index is 1.73. The van der Waals surface area contributed by atoms with Crippen LogP contribution in [0.1, 0.15) is 39.5 Å². The molecule has 1 amide bonds. The van der Waals surface area contributed by atoms with Crippen molar-refractivity contribution < 1.29 is 4.79 Å². The van der Waals surface area contributed by atoms with Crippen LogP contribution in [0, 0.1) is 23.7 Å². The summed E-state index contributed by atoms with van der Waals surface area (Å²) in [5.74, 6) is 3.02. The highest BCUT2D eigenvalue weighted by atomic mass is 32.1.